The molecular weight excluding hydrogens is 331 g/mol. The zero-order valence-electron chi connectivity index (χ0n) is 10.6. The van der Waals surface area contributed by atoms with Crippen molar-refractivity contribution in [1.82, 2.24) is 0 Å². The Balaban J connectivity index is 2.42. The van der Waals surface area contributed by atoms with Gasteiger partial charge in [0.15, 0.2) is 0 Å². The molecule has 0 saturated carbocycles. The summed E-state index contributed by atoms with van der Waals surface area (Å²) in [4.78, 5) is 2.88. The average molecular weight is 343 g/mol. The van der Waals surface area contributed by atoms with Gasteiger partial charge in [0.1, 0.15) is 5.84 Å². The van der Waals surface area contributed by atoms with Gasteiger partial charge in [0, 0.05) is 20.2 Å². The maximum absolute atomic E-state index is 7.77. The highest BCUT2D eigenvalue weighted by Crippen LogP contribution is 2.36. The Kier molecular flexibility index (Phi) is 5.27. The molecular formula is C14H12Cl2N2S2. The average Bonchev–Trinajstić information content (AvgIpc) is 2.42. The van der Waals surface area contributed by atoms with E-state index in [1.54, 1.807) is 17.8 Å². The molecule has 0 saturated heterocycles. The molecule has 0 radical (unpaired) electrons. The predicted molar refractivity (Wildman–Crippen MR) is 89.8 cm³/mol. The topological polar surface area (TPSA) is 49.9 Å². The summed E-state index contributed by atoms with van der Waals surface area (Å²) in [5, 5.41) is 8.81. The third-order valence-corrected chi connectivity index (χ3v) is 5.16. The van der Waals surface area contributed by atoms with E-state index >= 15 is 0 Å². The number of nitrogens with one attached hydrogen (secondary N) is 1. The van der Waals surface area contributed by atoms with Gasteiger partial charge < -0.3 is 5.73 Å². The fourth-order valence-corrected chi connectivity index (χ4v) is 3.80. The van der Waals surface area contributed by atoms with Gasteiger partial charge >= 0.3 is 0 Å². The van der Waals surface area contributed by atoms with Crippen LogP contribution in [0.1, 0.15) is 5.56 Å². The molecule has 0 spiro atoms. The molecule has 3 N–H and O–H groups in total. The third kappa shape index (κ3) is 3.44. The van der Waals surface area contributed by atoms with Gasteiger partial charge in [-0.1, -0.05) is 41.0 Å². The molecule has 0 bridgehead atoms. The van der Waals surface area contributed by atoms with Crippen LogP contribution in [0.15, 0.2) is 51.1 Å². The standard InChI is InChI=1S/C14H12Cl2N2S2/c1-19-11-3-2-4-12(13(11)14(17)18)20-8-5-6-9(15)10(16)7-8/h2-7H,1H3,(H3,17,18). The summed E-state index contributed by atoms with van der Waals surface area (Å²) in [7, 11) is 0. The minimum atomic E-state index is 0.0671. The van der Waals surface area contributed by atoms with Gasteiger partial charge in [0.05, 0.1) is 10.0 Å². The summed E-state index contributed by atoms with van der Waals surface area (Å²) >= 11 is 15.0. The number of amidine groups is 1. The Bertz CT molecular complexity index is 660. The number of thioether (sulfide) groups is 1. The van der Waals surface area contributed by atoms with Crippen molar-refractivity contribution in [2.45, 2.75) is 14.7 Å². The molecule has 0 aliphatic carbocycles. The molecule has 2 nitrogen and oxygen atoms in total. The fourth-order valence-electron chi connectivity index (χ4n) is 1.70. The van der Waals surface area contributed by atoms with E-state index in [1.165, 1.54) is 11.8 Å². The smallest absolute Gasteiger partial charge is 0.125 e. The molecule has 0 amide bonds. The predicted octanol–water partition coefficient (Wildman–Crippen LogP) is 5.15. The zero-order chi connectivity index (χ0) is 14.7. The van der Waals surface area contributed by atoms with Crippen molar-refractivity contribution in [3.05, 3.63) is 52.0 Å². The number of rotatable bonds is 4. The molecule has 0 atom stereocenters. The van der Waals surface area contributed by atoms with Crippen molar-refractivity contribution in [3.8, 4) is 0 Å². The summed E-state index contributed by atoms with van der Waals surface area (Å²) in [5.74, 6) is 0.0671. The van der Waals surface area contributed by atoms with Gasteiger partial charge in [-0.15, -0.1) is 11.8 Å². The molecule has 0 aliphatic heterocycles. The molecule has 0 fully saturated rings. The SMILES string of the molecule is CSc1cccc(Sc2ccc(Cl)c(Cl)c2)c1C(=N)N. The Morgan fingerprint density at radius 1 is 1.10 bits per heavy atom. The number of nitrogen functional groups attached to an aromatic ring is 1. The first-order valence-corrected chi connectivity index (χ1v) is 8.47. The van der Waals surface area contributed by atoms with Crippen molar-refractivity contribution in [2.75, 3.05) is 6.26 Å². The first kappa shape index (κ1) is 15.6. The molecule has 0 aromatic heterocycles. The summed E-state index contributed by atoms with van der Waals surface area (Å²) in [6.45, 7) is 0. The van der Waals surface area contributed by atoms with Crippen LogP contribution in [0.25, 0.3) is 0 Å². The summed E-state index contributed by atoms with van der Waals surface area (Å²) in [6, 6.07) is 11.3. The molecule has 20 heavy (non-hydrogen) atoms. The van der Waals surface area contributed by atoms with E-state index in [0.717, 1.165) is 20.2 Å². The molecule has 0 unspecified atom stereocenters. The van der Waals surface area contributed by atoms with Crippen LogP contribution >= 0.6 is 46.7 Å². The van der Waals surface area contributed by atoms with Crippen LogP contribution in [0.4, 0.5) is 0 Å². The van der Waals surface area contributed by atoms with E-state index in [0.29, 0.717) is 10.0 Å². The van der Waals surface area contributed by atoms with Crippen molar-refractivity contribution >= 4 is 52.6 Å². The Morgan fingerprint density at radius 2 is 1.80 bits per heavy atom. The van der Waals surface area contributed by atoms with E-state index in [4.69, 9.17) is 34.3 Å². The number of nitrogens with two attached hydrogens (primary N) is 1. The third-order valence-electron chi connectivity index (χ3n) is 2.60. The number of benzene rings is 2. The Morgan fingerprint density at radius 3 is 2.40 bits per heavy atom. The van der Waals surface area contributed by atoms with Gasteiger partial charge in [-0.2, -0.15) is 0 Å². The lowest BCUT2D eigenvalue weighted by Crippen LogP contribution is -2.13. The highest BCUT2D eigenvalue weighted by Gasteiger charge is 2.12. The molecule has 2 rings (SSSR count). The Labute approximate surface area is 136 Å². The van der Waals surface area contributed by atoms with Crippen molar-refractivity contribution in [2.24, 2.45) is 5.73 Å². The second-order valence-electron chi connectivity index (χ2n) is 3.93. The lowest BCUT2D eigenvalue weighted by molar-refractivity contribution is 1.25. The van der Waals surface area contributed by atoms with Crippen molar-refractivity contribution in [3.63, 3.8) is 0 Å². The molecule has 6 heteroatoms. The van der Waals surface area contributed by atoms with E-state index in [1.807, 2.05) is 36.6 Å². The van der Waals surface area contributed by atoms with Crippen molar-refractivity contribution < 1.29 is 0 Å². The van der Waals surface area contributed by atoms with E-state index in [-0.39, 0.29) is 5.84 Å². The van der Waals surface area contributed by atoms with Crippen LogP contribution in [-0.2, 0) is 0 Å². The quantitative estimate of drug-likeness (QED) is 0.458. The van der Waals surface area contributed by atoms with Gasteiger partial charge in [-0.25, -0.2) is 0 Å². The lowest BCUT2D eigenvalue weighted by atomic mass is 10.2. The van der Waals surface area contributed by atoms with Crippen molar-refractivity contribution in [1.29, 1.82) is 5.41 Å². The minimum absolute atomic E-state index is 0.0671. The maximum Gasteiger partial charge on any atom is 0.125 e. The van der Waals surface area contributed by atoms with Crippen LogP contribution in [0, 0.1) is 5.41 Å². The molecule has 2 aromatic rings. The fraction of sp³-hybridized carbons (Fsp3) is 0.0714. The molecule has 104 valence electrons. The Hall–Kier alpha value is -0.810. The van der Waals surface area contributed by atoms with E-state index in [2.05, 4.69) is 0 Å². The lowest BCUT2D eigenvalue weighted by Gasteiger charge is -2.12. The maximum atomic E-state index is 7.77. The number of hydrogen-bond donors (Lipinski definition) is 2. The van der Waals surface area contributed by atoms with Gasteiger partial charge in [0.25, 0.3) is 0 Å². The van der Waals surface area contributed by atoms with Crippen LogP contribution in [0.5, 0.6) is 0 Å². The normalized spacial score (nSPS) is 10.6. The second-order valence-corrected chi connectivity index (χ2v) is 6.70. The molecule has 2 aromatic carbocycles. The van der Waals surface area contributed by atoms with E-state index in [9.17, 15) is 0 Å². The monoisotopic (exact) mass is 342 g/mol. The van der Waals surface area contributed by atoms with Crippen LogP contribution in [-0.4, -0.2) is 12.1 Å². The summed E-state index contributed by atoms with van der Waals surface area (Å²) < 4.78 is 0. The largest absolute Gasteiger partial charge is 0.384 e. The van der Waals surface area contributed by atoms with Crippen LogP contribution in [0.2, 0.25) is 10.0 Å². The second kappa shape index (κ2) is 6.76. The number of halogens is 2. The summed E-state index contributed by atoms with van der Waals surface area (Å²) in [6.07, 6.45) is 1.97. The zero-order valence-corrected chi connectivity index (χ0v) is 13.8. The first-order valence-electron chi connectivity index (χ1n) is 5.67. The minimum Gasteiger partial charge on any atom is -0.384 e. The van der Waals surface area contributed by atoms with Crippen LogP contribution < -0.4 is 5.73 Å². The highest BCUT2D eigenvalue weighted by atomic mass is 35.5. The van der Waals surface area contributed by atoms with Crippen LogP contribution in [0.3, 0.4) is 0 Å². The number of hydrogen-bond acceptors (Lipinski definition) is 3. The summed E-state index contributed by atoms with van der Waals surface area (Å²) in [5.41, 5.74) is 6.47. The molecule has 0 heterocycles. The van der Waals surface area contributed by atoms with Gasteiger partial charge in [-0.05, 0) is 36.6 Å². The van der Waals surface area contributed by atoms with E-state index < -0.39 is 0 Å². The highest BCUT2D eigenvalue weighted by molar-refractivity contribution is 8.00. The molecule has 0 aliphatic rings. The first-order chi connectivity index (χ1) is 9.52. The van der Waals surface area contributed by atoms with Gasteiger partial charge in [-0.3, -0.25) is 5.41 Å². The van der Waals surface area contributed by atoms with Gasteiger partial charge in [0.2, 0.25) is 0 Å².